The molecule has 1 unspecified atom stereocenters. The number of carboxylic acids is 1. The number of aliphatic carboxylic acids is 1. The molecule has 17 heavy (non-hydrogen) atoms. The van der Waals surface area contributed by atoms with Crippen LogP contribution in [0.5, 0.6) is 0 Å². The molecule has 0 spiro atoms. The highest BCUT2D eigenvalue weighted by atomic mass is 16.5. The van der Waals surface area contributed by atoms with Crippen LogP contribution in [0.3, 0.4) is 0 Å². The molecule has 0 bridgehead atoms. The largest absolute Gasteiger partial charge is 0.481 e. The van der Waals surface area contributed by atoms with Gasteiger partial charge in [-0.2, -0.15) is 0 Å². The number of amides is 1. The minimum atomic E-state index is -0.883. The molecule has 1 heterocycles. The molecule has 98 valence electrons. The highest BCUT2D eigenvalue weighted by molar-refractivity contribution is 5.84. The Labute approximate surface area is 102 Å². The number of carbonyl (C=O) groups excluding carboxylic acids is 1. The second-order valence-corrected chi connectivity index (χ2v) is 5.45. The molecular weight excluding hydrogens is 222 g/mol. The lowest BCUT2D eigenvalue weighted by molar-refractivity contribution is -0.158. The standard InChI is InChI=1S/C12H21NO4/c1-8(2)4-9(5-10(14)15)13-11(16)12(3)6-17-7-12/h8-9H,4-7H2,1-3H3,(H,13,16)(H,14,15). The van der Waals surface area contributed by atoms with Gasteiger partial charge in [-0.05, 0) is 19.3 Å². The van der Waals surface area contributed by atoms with Gasteiger partial charge in [0.2, 0.25) is 5.91 Å². The first-order chi connectivity index (χ1) is 7.83. The quantitative estimate of drug-likeness (QED) is 0.730. The van der Waals surface area contributed by atoms with Crippen molar-refractivity contribution < 1.29 is 19.4 Å². The van der Waals surface area contributed by atoms with E-state index in [-0.39, 0.29) is 18.4 Å². The van der Waals surface area contributed by atoms with Crippen molar-refractivity contribution in [3.05, 3.63) is 0 Å². The van der Waals surface area contributed by atoms with E-state index >= 15 is 0 Å². The Balaban J connectivity index is 2.52. The van der Waals surface area contributed by atoms with E-state index < -0.39 is 11.4 Å². The molecule has 1 rings (SSSR count). The van der Waals surface area contributed by atoms with Crippen molar-refractivity contribution >= 4 is 11.9 Å². The van der Waals surface area contributed by atoms with Gasteiger partial charge >= 0.3 is 5.97 Å². The third kappa shape index (κ3) is 4.00. The average molecular weight is 243 g/mol. The van der Waals surface area contributed by atoms with E-state index in [2.05, 4.69) is 5.32 Å². The third-order valence-corrected chi connectivity index (χ3v) is 2.90. The maximum Gasteiger partial charge on any atom is 0.305 e. The van der Waals surface area contributed by atoms with Gasteiger partial charge < -0.3 is 15.2 Å². The van der Waals surface area contributed by atoms with Crippen LogP contribution in [0.2, 0.25) is 0 Å². The number of hydrogen-bond donors (Lipinski definition) is 2. The van der Waals surface area contributed by atoms with Gasteiger partial charge in [0.1, 0.15) is 0 Å². The zero-order chi connectivity index (χ0) is 13.1. The molecular formula is C12H21NO4. The highest BCUT2D eigenvalue weighted by Gasteiger charge is 2.41. The molecule has 1 amide bonds. The first kappa shape index (κ1) is 14.0. The summed E-state index contributed by atoms with van der Waals surface area (Å²) in [6, 6.07) is -0.294. The fourth-order valence-electron chi connectivity index (χ4n) is 1.87. The number of rotatable bonds is 6. The Bertz CT molecular complexity index is 297. The summed E-state index contributed by atoms with van der Waals surface area (Å²) in [7, 11) is 0. The summed E-state index contributed by atoms with van der Waals surface area (Å²) in [5.74, 6) is -0.633. The molecule has 0 radical (unpaired) electrons. The first-order valence-electron chi connectivity index (χ1n) is 5.94. The van der Waals surface area contributed by atoms with Gasteiger partial charge in [0.15, 0.2) is 0 Å². The molecule has 1 aliphatic heterocycles. The van der Waals surface area contributed by atoms with E-state index in [1.165, 1.54) is 0 Å². The van der Waals surface area contributed by atoms with Crippen molar-refractivity contribution in [2.24, 2.45) is 11.3 Å². The normalized spacial score (nSPS) is 19.5. The Hall–Kier alpha value is -1.10. The zero-order valence-electron chi connectivity index (χ0n) is 10.7. The molecule has 0 aliphatic carbocycles. The maximum absolute atomic E-state index is 11.9. The summed E-state index contributed by atoms with van der Waals surface area (Å²) in [4.78, 5) is 22.7. The molecule has 1 aliphatic rings. The molecule has 2 N–H and O–H groups in total. The van der Waals surface area contributed by atoms with Crippen molar-refractivity contribution in [2.45, 2.75) is 39.7 Å². The Morgan fingerprint density at radius 2 is 2.00 bits per heavy atom. The van der Waals surface area contributed by atoms with Gasteiger partial charge in [-0.3, -0.25) is 9.59 Å². The van der Waals surface area contributed by atoms with E-state index in [4.69, 9.17) is 9.84 Å². The van der Waals surface area contributed by atoms with Crippen LogP contribution in [-0.2, 0) is 14.3 Å². The number of nitrogens with one attached hydrogen (secondary N) is 1. The minimum Gasteiger partial charge on any atom is -0.481 e. The summed E-state index contributed by atoms with van der Waals surface area (Å²) in [5.41, 5.74) is -0.478. The number of ether oxygens (including phenoxy) is 1. The summed E-state index contributed by atoms with van der Waals surface area (Å²) < 4.78 is 5.03. The van der Waals surface area contributed by atoms with Gasteiger partial charge in [-0.1, -0.05) is 13.8 Å². The lowest BCUT2D eigenvalue weighted by atomic mass is 9.87. The number of hydrogen-bond acceptors (Lipinski definition) is 3. The highest BCUT2D eigenvalue weighted by Crippen LogP contribution is 2.27. The van der Waals surface area contributed by atoms with E-state index in [0.717, 1.165) is 0 Å². The van der Waals surface area contributed by atoms with Gasteiger partial charge in [0.25, 0.3) is 0 Å². The fourth-order valence-corrected chi connectivity index (χ4v) is 1.87. The van der Waals surface area contributed by atoms with Crippen molar-refractivity contribution in [1.29, 1.82) is 0 Å². The van der Waals surface area contributed by atoms with E-state index in [1.54, 1.807) is 0 Å². The van der Waals surface area contributed by atoms with Crippen LogP contribution >= 0.6 is 0 Å². The van der Waals surface area contributed by atoms with Crippen LogP contribution in [0.4, 0.5) is 0 Å². The maximum atomic E-state index is 11.9. The second-order valence-electron chi connectivity index (χ2n) is 5.45. The lowest BCUT2D eigenvalue weighted by Crippen LogP contribution is -2.54. The Morgan fingerprint density at radius 3 is 2.35 bits per heavy atom. The molecule has 0 aromatic carbocycles. The predicted octanol–water partition coefficient (Wildman–Crippen LogP) is 1.03. The minimum absolute atomic E-state index is 0.0269. The molecule has 0 aromatic heterocycles. The predicted molar refractivity (Wildman–Crippen MR) is 62.6 cm³/mol. The van der Waals surface area contributed by atoms with Gasteiger partial charge in [-0.25, -0.2) is 0 Å². The topological polar surface area (TPSA) is 75.6 Å². The summed E-state index contributed by atoms with van der Waals surface area (Å²) in [6.07, 6.45) is 0.649. The van der Waals surface area contributed by atoms with Crippen LogP contribution in [0, 0.1) is 11.3 Å². The number of carboxylic acid groups (broad SMARTS) is 1. The Morgan fingerprint density at radius 1 is 1.41 bits per heavy atom. The van der Waals surface area contributed by atoms with E-state index in [0.29, 0.717) is 25.6 Å². The molecule has 5 heteroatoms. The molecule has 1 saturated heterocycles. The fraction of sp³-hybridized carbons (Fsp3) is 0.833. The van der Waals surface area contributed by atoms with Crippen molar-refractivity contribution in [2.75, 3.05) is 13.2 Å². The first-order valence-corrected chi connectivity index (χ1v) is 5.94. The van der Waals surface area contributed by atoms with Crippen LogP contribution in [0.1, 0.15) is 33.6 Å². The zero-order valence-corrected chi connectivity index (χ0v) is 10.7. The van der Waals surface area contributed by atoms with Crippen molar-refractivity contribution in [3.63, 3.8) is 0 Å². The molecule has 1 fully saturated rings. The van der Waals surface area contributed by atoms with Gasteiger partial charge in [-0.15, -0.1) is 0 Å². The third-order valence-electron chi connectivity index (χ3n) is 2.90. The molecule has 0 aromatic rings. The van der Waals surface area contributed by atoms with Crippen LogP contribution in [0.25, 0.3) is 0 Å². The monoisotopic (exact) mass is 243 g/mol. The molecule has 5 nitrogen and oxygen atoms in total. The van der Waals surface area contributed by atoms with Crippen LogP contribution in [-0.4, -0.2) is 36.2 Å². The second kappa shape index (κ2) is 5.49. The van der Waals surface area contributed by atoms with Crippen molar-refractivity contribution in [3.8, 4) is 0 Å². The van der Waals surface area contributed by atoms with E-state index in [9.17, 15) is 9.59 Å². The summed E-state index contributed by atoms with van der Waals surface area (Å²) in [5, 5.41) is 11.6. The SMILES string of the molecule is CC(C)CC(CC(=O)O)NC(=O)C1(C)COC1. The average Bonchev–Trinajstić information content (AvgIpc) is 2.11. The number of carbonyl (C=O) groups is 2. The van der Waals surface area contributed by atoms with Crippen LogP contribution < -0.4 is 5.32 Å². The molecule has 1 atom stereocenters. The lowest BCUT2D eigenvalue weighted by Gasteiger charge is -2.37. The molecule has 0 saturated carbocycles. The van der Waals surface area contributed by atoms with Crippen LogP contribution in [0.15, 0.2) is 0 Å². The Kier molecular flexibility index (Phi) is 4.51. The van der Waals surface area contributed by atoms with Gasteiger partial charge in [0, 0.05) is 6.04 Å². The smallest absolute Gasteiger partial charge is 0.305 e. The van der Waals surface area contributed by atoms with Gasteiger partial charge in [0.05, 0.1) is 25.0 Å². The van der Waals surface area contributed by atoms with E-state index in [1.807, 2.05) is 20.8 Å². The summed E-state index contributed by atoms with van der Waals surface area (Å²) in [6.45, 7) is 6.68. The summed E-state index contributed by atoms with van der Waals surface area (Å²) >= 11 is 0. The van der Waals surface area contributed by atoms with Crippen molar-refractivity contribution in [1.82, 2.24) is 5.32 Å².